The molecule has 0 amide bonds. The summed E-state index contributed by atoms with van der Waals surface area (Å²) in [5.41, 5.74) is 9.47. The minimum absolute atomic E-state index is 0.347. The third kappa shape index (κ3) is 4.97. The van der Waals surface area contributed by atoms with Crippen LogP contribution in [0.2, 0.25) is 0 Å². The number of methoxy groups -OCH3 is 1. The fraction of sp³-hybridized carbons (Fsp3) is 0.438. The van der Waals surface area contributed by atoms with Gasteiger partial charge in [0.1, 0.15) is 0 Å². The van der Waals surface area contributed by atoms with E-state index in [9.17, 15) is 9.59 Å². The van der Waals surface area contributed by atoms with E-state index < -0.39 is 17.5 Å². The highest BCUT2D eigenvalue weighted by Crippen LogP contribution is 2.17. The Bertz CT molecular complexity index is 534. The quantitative estimate of drug-likeness (QED) is 0.242. The van der Waals surface area contributed by atoms with Gasteiger partial charge in [0.05, 0.1) is 7.11 Å². The van der Waals surface area contributed by atoms with Gasteiger partial charge in [0, 0.05) is 5.92 Å². The minimum Gasteiger partial charge on any atom is -0.460 e. The summed E-state index contributed by atoms with van der Waals surface area (Å²) >= 11 is 0. The number of esters is 1. The van der Waals surface area contributed by atoms with Crippen LogP contribution in [0.1, 0.15) is 31.7 Å². The molecule has 0 aliphatic rings. The van der Waals surface area contributed by atoms with Crippen LogP contribution >= 0.6 is 0 Å². The van der Waals surface area contributed by atoms with Crippen LogP contribution in [0.3, 0.4) is 0 Å². The SMILES string of the molecule is CCCC(CCc1ccccc1)C(=O)C(=[N+]=[N-])C(=O)OC. The lowest BCUT2D eigenvalue weighted by atomic mass is 9.89. The van der Waals surface area contributed by atoms with Crippen LogP contribution in [0.4, 0.5) is 0 Å². The molecule has 1 atom stereocenters. The van der Waals surface area contributed by atoms with Crippen molar-refractivity contribution in [3.63, 3.8) is 0 Å². The Labute approximate surface area is 124 Å². The molecule has 0 radical (unpaired) electrons. The number of ketones is 1. The zero-order valence-electron chi connectivity index (χ0n) is 12.4. The van der Waals surface area contributed by atoms with E-state index >= 15 is 0 Å². The molecule has 0 aromatic heterocycles. The summed E-state index contributed by atoms with van der Waals surface area (Å²) in [6.45, 7) is 1.97. The van der Waals surface area contributed by atoms with Gasteiger partial charge in [-0.25, -0.2) is 4.79 Å². The van der Waals surface area contributed by atoms with Crippen molar-refractivity contribution in [1.82, 2.24) is 0 Å². The summed E-state index contributed by atoms with van der Waals surface area (Å²) in [5.74, 6) is -1.70. The van der Waals surface area contributed by atoms with E-state index in [4.69, 9.17) is 5.53 Å². The number of carbonyl (C=O) groups is 2. The van der Waals surface area contributed by atoms with Crippen molar-refractivity contribution in [3.8, 4) is 0 Å². The molecule has 0 spiro atoms. The Morgan fingerprint density at radius 1 is 1.24 bits per heavy atom. The lowest BCUT2D eigenvalue weighted by Gasteiger charge is -2.12. The Hall–Kier alpha value is -2.26. The highest BCUT2D eigenvalue weighted by molar-refractivity contribution is 6.62. The minimum atomic E-state index is -0.900. The number of carbonyl (C=O) groups excluding carboxylic acids is 2. The molecule has 1 rings (SSSR count). The molecule has 0 fully saturated rings. The molecule has 0 heterocycles. The van der Waals surface area contributed by atoms with Crippen molar-refractivity contribution in [3.05, 3.63) is 41.4 Å². The summed E-state index contributed by atoms with van der Waals surface area (Å²) in [6.07, 6.45) is 2.79. The van der Waals surface area contributed by atoms with Crippen LogP contribution in [0.15, 0.2) is 30.3 Å². The average molecular weight is 288 g/mol. The monoisotopic (exact) mass is 288 g/mol. The molecule has 1 aromatic carbocycles. The number of nitrogens with zero attached hydrogens (tertiary/aromatic N) is 2. The number of Topliss-reactive ketones (excluding diaryl/α,β-unsaturated/α-hetero) is 1. The van der Waals surface area contributed by atoms with Gasteiger partial charge in [-0.3, -0.25) is 4.79 Å². The van der Waals surface area contributed by atoms with Crippen LogP contribution in [0, 0.1) is 5.92 Å². The van der Waals surface area contributed by atoms with Crippen molar-refractivity contribution in [2.75, 3.05) is 7.11 Å². The summed E-state index contributed by atoms with van der Waals surface area (Å²) in [4.78, 5) is 26.5. The van der Waals surface area contributed by atoms with Gasteiger partial charge in [0.25, 0.3) is 5.78 Å². The number of hydrogen-bond donors (Lipinski definition) is 0. The molecule has 0 N–H and O–H groups in total. The smallest absolute Gasteiger partial charge is 0.441 e. The zero-order chi connectivity index (χ0) is 15.7. The molecule has 0 saturated carbocycles. The van der Waals surface area contributed by atoms with Gasteiger partial charge in [-0.1, -0.05) is 43.7 Å². The maximum absolute atomic E-state index is 12.3. The first-order valence-corrected chi connectivity index (χ1v) is 7.02. The molecule has 1 aromatic rings. The van der Waals surface area contributed by atoms with Crippen LogP contribution in [0.5, 0.6) is 0 Å². The van der Waals surface area contributed by atoms with Crippen molar-refractivity contribution in [1.29, 1.82) is 0 Å². The van der Waals surface area contributed by atoms with E-state index in [1.807, 2.05) is 37.3 Å². The van der Waals surface area contributed by atoms with Crippen LogP contribution < -0.4 is 0 Å². The van der Waals surface area contributed by atoms with Crippen molar-refractivity contribution in [2.45, 2.75) is 32.6 Å². The highest BCUT2D eigenvalue weighted by atomic mass is 16.5. The van der Waals surface area contributed by atoms with E-state index in [0.717, 1.165) is 25.5 Å². The molecule has 0 bridgehead atoms. The average Bonchev–Trinajstić information content (AvgIpc) is 2.52. The van der Waals surface area contributed by atoms with E-state index in [0.29, 0.717) is 12.8 Å². The van der Waals surface area contributed by atoms with Crippen molar-refractivity contribution >= 4 is 17.5 Å². The second kappa shape index (κ2) is 8.82. The summed E-state index contributed by atoms with van der Waals surface area (Å²) in [5, 5.41) is 0. The summed E-state index contributed by atoms with van der Waals surface area (Å²) in [6, 6.07) is 9.82. The Morgan fingerprint density at radius 3 is 2.43 bits per heavy atom. The Kier molecular flexibility index (Phi) is 7.05. The second-order valence-electron chi connectivity index (χ2n) is 4.81. The molecule has 0 aliphatic carbocycles. The summed E-state index contributed by atoms with van der Waals surface area (Å²) in [7, 11) is 1.15. The number of benzene rings is 1. The largest absolute Gasteiger partial charge is 0.460 e. The van der Waals surface area contributed by atoms with Gasteiger partial charge < -0.3 is 10.3 Å². The van der Waals surface area contributed by atoms with E-state index in [-0.39, 0.29) is 5.92 Å². The molecular weight excluding hydrogens is 268 g/mol. The lowest BCUT2D eigenvalue weighted by molar-refractivity contribution is -0.140. The van der Waals surface area contributed by atoms with Gasteiger partial charge in [-0.05, 0) is 24.8 Å². The number of ether oxygens (including phenoxy) is 1. The van der Waals surface area contributed by atoms with E-state index in [1.54, 1.807) is 0 Å². The summed E-state index contributed by atoms with van der Waals surface area (Å²) < 4.78 is 4.46. The van der Waals surface area contributed by atoms with Crippen LogP contribution in [-0.2, 0) is 20.7 Å². The fourth-order valence-electron chi connectivity index (χ4n) is 2.22. The van der Waals surface area contributed by atoms with Crippen molar-refractivity contribution < 1.29 is 19.1 Å². The molecule has 1 unspecified atom stereocenters. The highest BCUT2D eigenvalue weighted by Gasteiger charge is 2.35. The van der Waals surface area contributed by atoms with Gasteiger partial charge >= 0.3 is 11.7 Å². The molecule has 0 aliphatic heterocycles. The Balaban J connectivity index is 2.78. The Morgan fingerprint density at radius 2 is 1.90 bits per heavy atom. The standard InChI is InChI=1S/C16H20N2O3/c1-3-7-13(11-10-12-8-5-4-6-9-12)15(19)14(18-17)16(20)21-2/h4-6,8-9,13H,3,7,10-11H2,1-2H3. The van der Waals surface area contributed by atoms with Gasteiger partial charge in [-0.15, -0.1) is 0 Å². The third-order valence-electron chi connectivity index (χ3n) is 3.34. The van der Waals surface area contributed by atoms with Gasteiger partial charge in [-0.2, -0.15) is 4.79 Å². The normalized spacial score (nSPS) is 11.3. The first-order chi connectivity index (χ1) is 10.1. The van der Waals surface area contributed by atoms with E-state index in [1.165, 1.54) is 0 Å². The molecule has 5 nitrogen and oxygen atoms in total. The first kappa shape index (κ1) is 16.8. The molecule has 5 heteroatoms. The van der Waals surface area contributed by atoms with Gasteiger partial charge in [0.15, 0.2) is 0 Å². The third-order valence-corrected chi connectivity index (χ3v) is 3.34. The lowest BCUT2D eigenvalue weighted by Crippen LogP contribution is -2.32. The molecule has 21 heavy (non-hydrogen) atoms. The van der Waals surface area contributed by atoms with E-state index in [2.05, 4.69) is 9.53 Å². The molecule has 0 saturated heterocycles. The molecular formula is C16H20N2O3. The van der Waals surface area contributed by atoms with Crippen molar-refractivity contribution in [2.24, 2.45) is 5.92 Å². The predicted molar refractivity (Wildman–Crippen MR) is 78.8 cm³/mol. The van der Waals surface area contributed by atoms with Gasteiger partial charge in [0.2, 0.25) is 0 Å². The fourth-order valence-corrected chi connectivity index (χ4v) is 2.22. The number of rotatable bonds is 8. The predicted octanol–water partition coefficient (Wildman–Crippen LogP) is 2.45. The number of hydrogen-bond acceptors (Lipinski definition) is 3. The second-order valence-corrected chi connectivity index (χ2v) is 4.81. The maximum Gasteiger partial charge on any atom is 0.441 e. The van der Waals surface area contributed by atoms with Crippen LogP contribution in [-0.4, -0.2) is 29.4 Å². The van der Waals surface area contributed by atoms with Crippen LogP contribution in [0.25, 0.3) is 5.53 Å². The first-order valence-electron chi connectivity index (χ1n) is 7.02. The number of aryl methyl sites for hydroxylation is 1. The molecule has 112 valence electrons. The topological polar surface area (TPSA) is 79.8 Å². The maximum atomic E-state index is 12.3. The zero-order valence-corrected chi connectivity index (χ0v) is 12.4.